The number of anilines is 1. The van der Waals surface area contributed by atoms with Crippen molar-refractivity contribution in [3.63, 3.8) is 0 Å². The van der Waals surface area contributed by atoms with Crippen molar-refractivity contribution >= 4 is 35.4 Å². The lowest BCUT2D eigenvalue weighted by molar-refractivity contribution is -0.149. The predicted octanol–water partition coefficient (Wildman–Crippen LogP) is 3.32. The van der Waals surface area contributed by atoms with E-state index in [-0.39, 0.29) is 29.9 Å². The highest BCUT2D eigenvalue weighted by Gasteiger charge is 2.46. The van der Waals surface area contributed by atoms with Crippen LogP contribution in [-0.2, 0) is 14.3 Å². The van der Waals surface area contributed by atoms with Gasteiger partial charge in [0.25, 0.3) is 17.7 Å². The Morgan fingerprint density at radius 3 is 2.31 bits per heavy atom. The van der Waals surface area contributed by atoms with Crippen LogP contribution in [0.2, 0.25) is 0 Å². The summed E-state index contributed by atoms with van der Waals surface area (Å²) in [7, 11) is 1.37. The molecule has 2 aliphatic heterocycles. The average molecular weight is 501 g/mol. The number of fused-ring (bicyclic) bond motifs is 1. The van der Waals surface area contributed by atoms with Gasteiger partial charge in [0.2, 0.25) is 5.91 Å². The zero-order valence-electron chi connectivity index (χ0n) is 21.5. The summed E-state index contributed by atoms with van der Waals surface area (Å²) in [4.78, 5) is 63.7. The molecule has 10 nitrogen and oxygen atoms in total. The zero-order chi connectivity index (χ0) is 26.5. The van der Waals surface area contributed by atoms with Crippen molar-refractivity contribution in [2.75, 3.05) is 25.5 Å². The van der Waals surface area contributed by atoms with E-state index >= 15 is 0 Å². The highest BCUT2D eigenvalue weighted by molar-refractivity contribution is 6.23. The van der Waals surface area contributed by atoms with Crippen LogP contribution in [0.4, 0.5) is 10.5 Å². The normalized spacial score (nSPS) is 17.9. The number of hydrogen-bond donors (Lipinski definition) is 2. The fourth-order valence-electron chi connectivity index (χ4n) is 4.31. The van der Waals surface area contributed by atoms with Crippen molar-refractivity contribution in [3.05, 3.63) is 29.3 Å². The molecule has 2 heterocycles. The molecule has 3 rings (SSSR count). The molecule has 0 radical (unpaired) electrons. The van der Waals surface area contributed by atoms with Crippen molar-refractivity contribution in [2.24, 2.45) is 0 Å². The minimum Gasteiger partial charge on any atom is -0.444 e. The van der Waals surface area contributed by atoms with Crippen LogP contribution in [0.1, 0.15) is 86.4 Å². The summed E-state index contributed by atoms with van der Waals surface area (Å²) in [5.41, 5.74) is 0.791. The van der Waals surface area contributed by atoms with Crippen molar-refractivity contribution in [1.29, 1.82) is 0 Å². The molecule has 1 aromatic carbocycles. The Kier molecular flexibility index (Phi) is 8.70. The van der Waals surface area contributed by atoms with E-state index in [4.69, 9.17) is 4.74 Å². The fraction of sp³-hybridized carbons (Fsp3) is 0.577. The van der Waals surface area contributed by atoms with E-state index in [1.807, 2.05) is 20.8 Å². The molecule has 1 atom stereocenters. The summed E-state index contributed by atoms with van der Waals surface area (Å²) in [5, 5.41) is 6.05. The number of unbranched alkanes of at least 4 members (excludes halogenated alkanes) is 4. The third-order valence-corrected chi connectivity index (χ3v) is 6.20. The number of rotatable bonds is 10. The molecule has 196 valence electrons. The van der Waals surface area contributed by atoms with Gasteiger partial charge in [0.05, 0.1) is 11.1 Å². The second-order valence-electron chi connectivity index (χ2n) is 10.2. The second kappa shape index (κ2) is 11.5. The van der Waals surface area contributed by atoms with Gasteiger partial charge in [0.1, 0.15) is 11.6 Å². The van der Waals surface area contributed by atoms with Gasteiger partial charge in [-0.3, -0.25) is 29.0 Å². The van der Waals surface area contributed by atoms with E-state index in [0.717, 1.165) is 54.1 Å². The van der Waals surface area contributed by atoms with E-state index in [9.17, 15) is 24.0 Å². The molecule has 1 fully saturated rings. The number of likely N-dealkylation sites (tertiary alicyclic amines) is 1. The van der Waals surface area contributed by atoms with E-state index in [1.54, 1.807) is 18.2 Å². The number of hydrogen-bond acceptors (Lipinski definition) is 7. The monoisotopic (exact) mass is 500 g/mol. The van der Waals surface area contributed by atoms with Crippen molar-refractivity contribution in [3.8, 4) is 0 Å². The average Bonchev–Trinajstić information content (AvgIpc) is 3.05. The maximum Gasteiger partial charge on any atom is 0.407 e. The molecular weight excluding hydrogens is 464 g/mol. The number of piperidine rings is 1. The lowest BCUT2D eigenvalue weighted by Gasteiger charge is -2.32. The number of likely N-dealkylation sites (N-methyl/N-ethyl adjacent to an activating group) is 1. The highest BCUT2D eigenvalue weighted by atomic mass is 16.6. The van der Waals surface area contributed by atoms with Gasteiger partial charge in [0, 0.05) is 32.2 Å². The van der Waals surface area contributed by atoms with Gasteiger partial charge in [-0.05, 0) is 58.2 Å². The number of benzene rings is 1. The summed E-state index contributed by atoms with van der Waals surface area (Å²) in [5.74, 6) is -1.83. The molecule has 0 aliphatic carbocycles. The van der Waals surface area contributed by atoms with Crippen molar-refractivity contribution in [1.82, 2.24) is 15.1 Å². The lowest BCUT2D eigenvalue weighted by atomic mass is 10.0. The minimum absolute atomic E-state index is 0.118. The topological polar surface area (TPSA) is 125 Å². The van der Waals surface area contributed by atoms with E-state index in [0.29, 0.717) is 6.54 Å². The molecular formula is C26H36N4O6. The van der Waals surface area contributed by atoms with E-state index in [2.05, 4.69) is 10.6 Å². The second-order valence-corrected chi connectivity index (χ2v) is 10.2. The smallest absolute Gasteiger partial charge is 0.407 e. The molecule has 2 aliphatic rings. The van der Waals surface area contributed by atoms with Crippen LogP contribution < -0.4 is 10.6 Å². The highest BCUT2D eigenvalue weighted by Crippen LogP contribution is 2.30. The van der Waals surface area contributed by atoms with E-state index in [1.165, 1.54) is 7.05 Å². The first kappa shape index (κ1) is 27.2. The first-order valence-electron chi connectivity index (χ1n) is 12.5. The summed E-state index contributed by atoms with van der Waals surface area (Å²) in [6.07, 6.45) is 4.76. The maximum absolute atomic E-state index is 13.0. The minimum atomic E-state index is -0.948. The molecule has 0 aromatic heterocycles. The number of nitrogens with zero attached hydrogens (tertiary/aromatic N) is 2. The van der Waals surface area contributed by atoms with Crippen LogP contribution >= 0.6 is 0 Å². The number of nitrogens with one attached hydrogen (secondary N) is 2. The summed E-state index contributed by atoms with van der Waals surface area (Å²) < 4.78 is 5.20. The van der Waals surface area contributed by atoms with Gasteiger partial charge in [-0.2, -0.15) is 0 Å². The summed E-state index contributed by atoms with van der Waals surface area (Å²) >= 11 is 0. The SMILES string of the molecule is CN1C(=O)CCC(N2C(=O)c3ccc(NCCCCCCCNC(=O)OC(C)(C)C)cc3C2=O)C1=O. The first-order chi connectivity index (χ1) is 17.0. The van der Waals surface area contributed by atoms with Crippen LogP contribution in [0, 0.1) is 0 Å². The van der Waals surface area contributed by atoms with Gasteiger partial charge in [-0.25, -0.2) is 4.79 Å². The van der Waals surface area contributed by atoms with Crippen LogP contribution in [0.3, 0.4) is 0 Å². The van der Waals surface area contributed by atoms with Crippen LogP contribution in [-0.4, -0.2) is 71.3 Å². The maximum atomic E-state index is 13.0. The van der Waals surface area contributed by atoms with Crippen LogP contribution in [0.5, 0.6) is 0 Å². The Hall–Kier alpha value is -3.43. The Morgan fingerprint density at radius 1 is 0.972 bits per heavy atom. The number of ether oxygens (including phenoxy) is 1. The zero-order valence-corrected chi connectivity index (χ0v) is 21.5. The molecule has 5 amide bonds. The number of carbonyl (C=O) groups excluding carboxylic acids is 5. The Labute approximate surface area is 211 Å². The van der Waals surface area contributed by atoms with Gasteiger partial charge in [0.15, 0.2) is 0 Å². The first-order valence-corrected chi connectivity index (χ1v) is 12.5. The summed E-state index contributed by atoms with van der Waals surface area (Å²) in [6.45, 7) is 6.80. The number of carbonyl (C=O) groups is 5. The van der Waals surface area contributed by atoms with Gasteiger partial charge in [-0.1, -0.05) is 19.3 Å². The van der Waals surface area contributed by atoms with Crippen molar-refractivity contribution in [2.45, 2.75) is 77.4 Å². The number of amides is 5. The lowest BCUT2D eigenvalue weighted by Crippen LogP contribution is -2.54. The van der Waals surface area contributed by atoms with E-state index < -0.39 is 35.5 Å². The quantitative estimate of drug-likeness (QED) is 0.373. The Balaban J connectivity index is 1.39. The van der Waals surface area contributed by atoms with Crippen molar-refractivity contribution < 1.29 is 28.7 Å². The third-order valence-electron chi connectivity index (χ3n) is 6.20. The van der Waals surface area contributed by atoms with Gasteiger partial charge < -0.3 is 15.4 Å². The Morgan fingerprint density at radius 2 is 1.61 bits per heavy atom. The van der Waals surface area contributed by atoms with Crippen LogP contribution in [0.15, 0.2) is 18.2 Å². The molecule has 1 aromatic rings. The fourth-order valence-corrected chi connectivity index (χ4v) is 4.31. The van der Waals surface area contributed by atoms with Gasteiger partial charge in [-0.15, -0.1) is 0 Å². The largest absolute Gasteiger partial charge is 0.444 e. The summed E-state index contributed by atoms with van der Waals surface area (Å²) in [6, 6.07) is 4.07. The molecule has 2 N–H and O–H groups in total. The molecule has 10 heteroatoms. The predicted molar refractivity (Wildman–Crippen MR) is 134 cm³/mol. The van der Waals surface area contributed by atoms with Crippen LogP contribution in [0.25, 0.3) is 0 Å². The Bertz CT molecular complexity index is 1030. The van der Waals surface area contributed by atoms with Gasteiger partial charge >= 0.3 is 6.09 Å². The molecule has 0 bridgehead atoms. The third kappa shape index (κ3) is 6.61. The molecule has 0 saturated carbocycles. The number of alkyl carbamates (subject to hydrolysis) is 1. The number of imide groups is 2. The molecule has 1 unspecified atom stereocenters. The standard InChI is InChI=1S/C26H36N4O6/c1-26(2,3)36-25(35)28-15-9-7-5-6-8-14-27-17-10-11-18-19(16-17)23(33)30(22(18)32)20-12-13-21(31)29(4)24(20)34/h10-11,16,20,27H,5-9,12-15H2,1-4H3,(H,28,35). The molecule has 0 spiro atoms. The molecule has 1 saturated heterocycles. The molecule has 36 heavy (non-hydrogen) atoms.